The molecule has 0 amide bonds. The Morgan fingerprint density at radius 2 is 2.12 bits per heavy atom. The van der Waals surface area contributed by atoms with Gasteiger partial charge in [0.1, 0.15) is 0 Å². The standard InChI is InChI=1S/C20H34N4O/c1-16-8-7-11-24(13-16)14-19-10-6-5-9-18(19)12-22-20(21-3)23-17(2)15-25-4/h5-6,9-10,16-17H,7-8,11-15H2,1-4H3,(H2,21,22,23). The first-order valence-corrected chi connectivity index (χ1v) is 9.37. The van der Waals surface area contributed by atoms with Crippen molar-refractivity contribution in [2.24, 2.45) is 10.9 Å². The molecule has 140 valence electrons. The third-order valence-electron chi connectivity index (χ3n) is 4.72. The lowest BCUT2D eigenvalue weighted by molar-refractivity contribution is 0.176. The van der Waals surface area contributed by atoms with E-state index in [1.807, 2.05) is 0 Å². The fourth-order valence-corrected chi connectivity index (χ4v) is 3.45. The highest BCUT2D eigenvalue weighted by molar-refractivity contribution is 5.79. The number of hydrogen-bond donors (Lipinski definition) is 2. The molecule has 0 saturated carbocycles. The van der Waals surface area contributed by atoms with Gasteiger partial charge in [-0.05, 0) is 43.4 Å². The van der Waals surface area contributed by atoms with E-state index in [1.165, 1.54) is 37.1 Å². The van der Waals surface area contributed by atoms with Gasteiger partial charge in [0.15, 0.2) is 5.96 Å². The van der Waals surface area contributed by atoms with Crippen LogP contribution >= 0.6 is 0 Å². The SMILES string of the molecule is CN=C(NCc1ccccc1CN1CCCC(C)C1)NC(C)COC. The zero-order valence-electron chi connectivity index (χ0n) is 16.2. The van der Waals surface area contributed by atoms with Crippen LogP contribution in [-0.2, 0) is 17.8 Å². The second kappa shape index (κ2) is 10.4. The highest BCUT2D eigenvalue weighted by Gasteiger charge is 2.17. The van der Waals surface area contributed by atoms with Crippen molar-refractivity contribution in [3.05, 3.63) is 35.4 Å². The molecule has 1 aliphatic heterocycles. The molecule has 5 heteroatoms. The summed E-state index contributed by atoms with van der Waals surface area (Å²) in [7, 11) is 3.52. The van der Waals surface area contributed by atoms with Gasteiger partial charge >= 0.3 is 0 Å². The van der Waals surface area contributed by atoms with Crippen LogP contribution in [0.4, 0.5) is 0 Å². The minimum Gasteiger partial charge on any atom is -0.383 e. The Balaban J connectivity index is 1.93. The summed E-state index contributed by atoms with van der Waals surface area (Å²) in [6.07, 6.45) is 2.68. The zero-order valence-corrected chi connectivity index (χ0v) is 16.2. The zero-order chi connectivity index (χ0) is 18.1. The van der Waals surface area contributed by atoms with E-state index < -0.39 is 0 Å². The predicted octanol–water partition coefficient (Wildman–Crippen LogP) is 2.62. The van der Waals surface area contributed by atoms with E-state index in [0.717, 1.165) is 25.0 Å². The molecule has 1 saturated heterocycles. The van der Waals surface area contributed by atoms with Crippen molar-refractivity contribution >= 4 is 5.96 Å². The van der Waals surface area contributed by atoms with Crippen molar-refractivity contribution < 1.29 is 4.74 Å². The number of nitrogens with zero attached hydrogens (tertiary/aromatic N) is 2. The summed E-state index contributed by atoms with van der Waals surface area (Å²) < 4.78 is 5.17. The van der Waals surface area contributed by atoms with Gasteiger partial charge in [-0.25, -0.2) is 0 Å². The summed E-state index contributed by atoms with van der Waals surface area (Å²) in [4.78, 5) is 6.89. The van der Waals surface area contributed by atoms with Crippen LogP contribution in [0.3, 0.4) is 0 Å². The average molecular weight is 347 g/mol. The summed E-state index contributed by atoms with van der Waals surface area (Å²) >= 11 is 0. The normalized spacial score (nSPS) is 20.3. The summed E-state index contributed by atoms with van der Waals surface area (Å²) in [6, 6.07) is 8.94. The number of methoxy groups -OCH3 is 1. The van der Waals surface area contributed by atoms with Crippen LogP contribution in [-0.4, -0.2) is 50.8 Å². The summed E-state index contributed by atoms with van der Waals surface area (Å²) in [5.41, 5.74) is 2.74. The third kappa shape index (κ3) is 6.67. The summed E-state index contributed by atoms with van der Waals surface area (Å²) in [5.74, 6) is 1.62. The molecule has 1 fully saturated rings. The lowest BCUT2D eigenvalue weighted by Crippen LogP contribution is -2.43. The second-order valence-electron chi connectivity index (χ2n) is 7.18. The van der Waals surface area contributed by atoms with Crippen LogP contribution < -0.4 is 10.6 Å². The smallest absolute Gasteiger partial charge is 0.191 e. The number of hydrogen-bond acceptors (Lipinski definition) is 3. The van der Waals surface area contributed by atoms with E-state index in [9.17, 15) is 0 Å². The number of likely N-dealkylation sites (tertiary alicyclic amines) is 1. The predicted molar refractivity (Wildman–Crippen MR) is 105 cm³/mol. The molecule has 25 heavy (non-hydrogen) atoms. The molecule has 0 spiro atoms. The van der Waals surface area contributed by atoms with Crippen LogP contribution in [0, 0.1) is 5.92 Å². The van der Waals surface area contributed by atoms with E-state index in [1.54, 1.807) is 14.2 Å². The lowest BCUT2D eigenvalue weighted by Gasteiger charge is -2.31. The third-order valence-corrected chi connectivity index (χ3v) is 4.72. The highest BCUT2D eigenvalue weighted by atomic mass is 16.5. The molecule has 2 atom stereocenters. The van der Waals surface area contributed by atoms with Gasteiger partial charge in [-0.3, -0.25) is 9.89 Å². The molecule has 2 N–H and O–H groups in total. The van der Waals surface area contributed by atoms with Gasteiger partial charge in [0, 0.05) is 39.8 Å². The van der Waals surface area contributed by atoms with E-state index in [2.05, 4.69) is 58.6 Å². The molecule has 0 aliphatic carbocycles. The van der Waals surface area contributed by atoms with Gasteiger partial charge in [0.25, 0.3) is 0 Å². The maximum Gasteiger partial charge on any atom is 0.191 e. The Hall–Kier alpha value is -1.59. The summed E-state index contributed by atoms with van der Waals surface area (Å²) in [6.45, 7) is 9.33. The molecule has 1 aliphatic rings. The number of guanidine groups is 1. The van der Waals surface area contributed by atoms with Crippen molar-refractivity contribution in [1.29, 1.82) is 0 Å². The van der Waals surface area contributed by atoms with E-state index in [0.29, 0.717) is 6.61 Å². The number of aliphatic imine (C=N–C) groups is 1. The minimum absolute atomic E-state index is 0.223. The fraction of sp³-hybridized carbons (Fsp3) is 0.650. The lowest BCUT2D eigenvalue weighted by atomic mass is 9.99. The van der Waals surface area contributed by atoms with Gasteiger partial charge in [0.2, 0.25) is 0 Å². The minimum atomic E-state index is 0.223. The Morgan fingerprint density at radius 3 is 2.80 bits per heavy atom. The van der Waals surface area contributed by atoms with Gasteiger partial charge in [0.05, 0.1) is 6.61 Å². The van der Waals surface area contributed by atoms with Crippen molar-refractivity contribution in [2.45, 2.75) is 45.8 Å². The fourth-order valence-electron chi connectivity index (χ4n) is 3.45. The Morgan fingerprint density at radius 1 is 1.36 bits per heavy atom. The average Bonchev–Trinajstić information content (AvgIpc) is 2.60. The Labute approximate surface area is 152 Å². The number of nitrogens with one attached hydrogen (secondary N) is 2. The molecule has 2 rings (SSSR count). The van der Waals surface area contributed by atoms with E-state index >= 15 is 0 Å². The molecule has 1 aromatic carbocycles. The van der Waals surface area contributed by atoms with Crippen molar-refractivity contribution in [1.82, 2.24) is 15.5 Å². The maximum atomic E-state index is 5.17. The van der Waals surface area contributed by atoms with Crippen molar-refractivity contribution in [2.75, 3.05) is 33.9 Å². The van der Waals surface area contributed by atoms with Crippen LogP contribution in [0.15, 0.2) is 29.3 Å². The molecule has 0 radical (unpaired) electrons. The molecule has 5 nitrogen and oxygen atoms in total. The molecule has 1 aromatic rings. The quantitative estimate of drug-likeness (QED) is 0.589. The van der Waals surface area contributed by atoms with Crippen LogP contribution in [0.5, 0.6) is 0 Å². The Kier molecular flexibility index (Phi) is 8.22. The van der Waals surface area contributed by atoms with Gasteiger partial charge in [-0.15, -0.1) is 0 Å². The number of piperidine rings is 1. The Bertz CT molecular complexity index is 546. The van der Waals surface area contributed by atoms with Gasteiger partial charge in [-0.2, -0.15) is 0 Å². The maximum absolute atomic E-state index is 5.17. The molecular weight excluding hydrogens is 312 g/mol. The molecule has 1 heterocycles. The summed E-state index contributed by atoms with van der Waals surface area (Å²) in [5, 5.41) is 6.77. The van der Waals surface area contributed by atoms with Gasteiger partial charge < -0.3 is 15.4 Å². The first-order valence-electron chi connectivity index (χ1n) is 9.37. The largest absolute Gasteiger partial charge is 0.383 e. The first kappa shape index (κ1) is 19.7. The topological polar surface area (TPSA) is 48.9 Å². The highest BCUT2D eigenvalue weighted by Crippen LogP contribution is 2.19. The van der Waals surface area contributed by atoms with Crippen LogP contribution in [0.2, 0.25) is 0 Å². The van der Waals surface area contributed by atoms with E-state index in [-0.39, 0.29) is 6.04 Å². The van der Waals surface area contributed by atoms with Crippen LogP contribution in [0.1, 0.15) is 37.8 Å². The monoisotopic (exact) mass is 346 g/mol. The second-order valence-corrected chi connectivity index (χ2v) is 7.18. The number of rotatable bonds is 7. The number of benzene rings is 1. The first-order chi connectivity index (χ1) is 12.1. The van der Waals surface area contributed by atoms with Crippen molar-refractivity contribution in [3.8, 4) is 0 Å². The molecule has 0 bridgehead atoms. The molecule has 2 unspecified atom stereocenters. The van der Waals surface area contributed by atoms with Gasteiger partial charge in [-0.1, -0.05) is 31.2 Å². The van der Waals surface area contributed by atoms with Crippen LogP contribution in [0.25, 0.3) is 0 Å². The van der Waals surface area contributed by atoms with Crippen molar-refractivity contribution in [3.63, 3.8) is 0 Å². The number of ether oxygens (including phenoxy) is 1. The molecular formula is C20H34N4O. The van der Waals surface area contributed by atoms with E-state index in [4.69, 9.17) is 4.74 Å². The molecule has 0 aromatic heterocycles.